The number of anilines is 6. The number of hydrogen-bond donors (Lipinski definition) is 3. The van der Waals surface area contributed by atoms with Crippen LogP contribution in [0.5, 0.6) is 0 Å². The first-order valence-corrected chi connectivity index (χ1v) is 32.8. The zero-order valence-electron chi connectivity index (χ0n) is 46.4. The fourth-order valence-electron chi connectivity index (χ4n) is 10.5. The lowest BCUT2D eigenvalue weighted by molar-refractivity contribution is -0.0734. The third-order valence-corrected chi connectivity index (χ3v) is 19.6. The summed E-state index contributed by atoms with van der Waals surface area (Å²) in [6.45, 7) is 5.70. The van der Waals surface area contributed by atoms with Crippen molar-refractivity contribution in [3.8, 4) is 0 Å². The Kier molecular flexibility index (Phi) is 18.0. The second-order valence-corrected chi connectivity index (χ2v) is 27.0. The molecule has 0 bridgehead atoms. The van der Waals surface area contributed by atoms with Gasteiger partial charge in [0, 0.05) is 79.0 Å². The zero-order valence-corrected chi connectivity index (χ0v) is 52.6. The van der Waals surface area contributed by atoms with Crippen molar-refractivity contribution >= 4 is 158 Å². The summed E-state index contributed by atoms with van der Waals surface area (Å²) in [7, 11) is -1.06. The van der Waals surface area contributed by atoms with Crippen LogP contribution in [0.1, 0.15) is 63.1 Å². The minimum atomic E-state index is -3.19. The number of ether oxygens (including phenoxy) is 1. The molecule has 1 atom stereocenters. The molecular formula is C48H58Cl6N24O5S2. The van der Waals surface area contributed by atoms with Gasteiger partial charge in [0.05, 0.1) is 102 Å². The van der Waals surface area contributed by atoms with E-state index in [9.17, 15) is 16.8 Å². The van der Waals surface area contributed by atoms with E-state index in [-0.39, 0.29) is 17.2 Å². The number of fused-ring (bicyclic) bond motifs is 3. The Labute approximate surface area is 517 Å². The molecule has 454 valence electrons. The van der Waals surface area contributed by atoms with Crippen molar-refractivity contribution in [2.45, 2.75) is 69.1 Å². The van der Waals surface area contributed by atoms with Crippen molar-refractivity contribution < 1.29 is 21.6 Å². The molecule has 4 fully saturated rings. The van der Waals surface area contributed by atoms with Crippen LogP contribution >= 0.6 is 69.6 Å². The quantitative estimate of drug-likeness (QED) is 0.107. The average Bonchev–Trinajstić information content (AvgIpc) is 3.88. The van der Waals surface area contributed by atoms with E-state index in [4.69, 9.17) is 74.3 Å². The molecule has 0 aliphatic carbocycles. The monoisotopic (exact) mass is 1320 g/mol. The van der Waals surface area contributed by atoms with Gasteiger partial charge in [0.25, 0.3) is 0 Å². The number of halogens is 6. The Hall–Kier alpha value is -5.84. The highest BCUT2D eigenvalue weighted by atomic mass is 35.5. The minimum absolute atomic E-state index is 0.0640. The number of sulfonamides is 2. The first kappa shape index (κ1) is 60.8. The van der Waals surface area contributed by atoms with Crippen molar-refractivity contribution in [3.05, 3.63) is 68.1 Å². The predicted molar refractivity (Wildman–Crippen MR) is 324 cm³/mol. The molecule has 9 aromatic rings. The molecule has 1 unspecified atom stereocenters. The molecule has 4 aliphatic heterocycles. The van der Waals surface area contributed by atoms with Gasteiger partial charge in [0.15, 0.2) is 47.9 Å². The fourth-order valence-corrected chi connectivity index (χ4v) is 13.7. The first-order valence-electron chi connectivity index (χ1n) is 26.9. The van der Waals surface area contributed by atoms with Crippen LogP contribution in [-0.2, 0) is 45.9 Å². The highest BCUT2D eigenvalue weighted by molar-refractivity contribution is 7.88. The van der Waals surface area contributed by atoms with Crippen molar-refractivity contribution in [1.82, 2.24) is 102 Å². The maximum Gasteiger partial charge on any atom is 0.229 e. The summed E-state index contributed by atoms with van der Waals surface area (Å²) in [6, 6.07) is 1.01. The highest BCUT2D eigenvalue weighted by Crippen LogP contribution is 2.35. The average molecular weight is 1330 g/mol. The third kappa shape index (κ3) is 13.5. The summed E-state index contributed by atoms with van der Waals surface area (Å²) in [4.78, 5) is 28.6. The molecule has 0 amide bonds. The molecule has 0 radical (unpaired) electrons. The number of likely N-dealkylation sites (tertiary alicyclic amines) is 1. The number of nitrogens with zero attached hydrogens (tertiary/aromatic N) is 21. The van der Waals surface area contributed by atoms with Gasteiger partial charge in [-0.3, -0.25) is 14.3 Å². The van der Waals surface area contributed by atoms with Gasteiger partial charge in [-0.15, -0.1) is 0 Å². The van der Waals surface area contributed by atoms with Gasteiger partial charge < -0.3 is 20.7 Å². The van der Waals surface area contributed by atoms with E-state index in [0.717, 1.165) is 52.0 Å². The van der Waals surface area contributed by atoms with Crippen LogP contribution < -0.4 is 16.0 Å². The topological polar surface area (TPSA) is 308 Å². The molecule has 37 heteroatoms. The number of piperidine rings is 2. The molecule has 85 heavy (non-hydrogen) atoms. The van der Waals surface area contributed by atoms with Gasteiger partial charge in [-0.1, -0.05) is 69.6 Å². The lowest BCUT2D eigenvalue weighted by Gasteiger charge is -2.41. The summed E-state index contributed by atoms with van der Waals surface area (Å²) < 4.78 is 65.4. The predicted octanol–water partition coefficient (Wildman–Crippen LogP) is 7.45. The fraction of sp³-hybridized carbons (Fsp3) is 0.500. The molecule has 0 aromatic carbocycles. The van der Waals surface area contributed by atoms with Crippen molar-refractivity contribution in [3.63, 3.8) is 0 Å². The largest absolute Gasteiger partial charge is 0.378 e. The number of hydrogen-bond acceptors (Lipinski definition) is 21. The van der Waals surface area contributed by atoms with Crippen LogP contribution in [0.2, 0.25) is 30.9 Å². The Morgan fingerprint density at radius 2 is 0.882 bits per heavy atom. The number of aromatic nitrogens is 18. The van der Waals surface area contributed by atoms with Gasteiger partial charge >= 0.3 is 0 Å². The second-order valence-electron chi connectivity index (χ2n) is 20.9. The van der Waals surface area contributed by atoms with Gasteiger partial charge in [-0.25, -0.2) is 59.1 Å². The van der Waals surface area contributed by atoms with E-state index in [2.05, 4.69) is 81.3 Å². The molecule has 13 heterocycles. The molecule has 4 saturated heterocycles. The van der Waals surface area contributed by atoms with Gasteiger partial charge in [-0.2, -0.15) is 45.5 Å². The maximum atomic E-state index is 11.8. The molecule has 0 spiro atoms. The minimum Gasteiger partial charge on any atom is -0.378 e. The lowest BCUT2D eigenvalue weighted by Crippen LogP contribution is -2.51. The Morgan fingerprint density at radius 1 is 0.482 bits per heavy atom. The summed E-state index contributed by atoms with van der Waals surface area (Å²) >= 11 is 37.4. The molecule has 13 rings (SSSR count). The van der Waals surface area contributed by atoms with Crippen molar-refractivity contribution in [2.24, 2.45) is 21.1 Å². The van der Waals surface area contributed by atoms with E-state index < -0.39 is 20.0 Å². The van der Waals surface area contributed by atoms with Crippen LogP contribution in [0.15, 0.2) is 37.2 Å². The molecule has 0 saturated carbocycles. The summed E-state index contributed by atoms with van der Waals surface area (Å²) in [5.41, 5.74) is 3.67. The normalized spacial score (nSPS) is 18.3. The van der Waals surface area contributed by atoms with Gasteiger partial charge in [0.2, 0.25) is 37.9 Å². The van der Waals surface area contributed by atoms with Crippen LogP contribution in [-0.4, -0.2) is 190 Å². The SMILES string of the molecule is Cn1nc(Cl)c2cnc(Nc3cn(C4CCCN(S(C)(=O)=O)CC4)nc3Cl)nc21.Cn1nc(Cl)c2cnc(Nc3cn(C4CCN(S(C)(=O)=O)CC4)nc3Cl)nc21.Cn1nc(Cl)c2cnc(Nc3cnn(C4CCN(C5COC5)CC4)c3Cl)nc21. The highest BCUT2D eigenvalue weighted by Gasteiger charge is 2.32. The van der Waals surface area contributed by atoms with E-state index >= 15 is 0 Å². The number of rotatable bonds is 12. The van der Waals surface area contributed by atoms with E-state index in [1.807, 2.05) is 4.68 Å². The van der Waals surface area contributed by atoms with Gasteiger partial charge in [0.1, 0.15) is 0 Å². The van der Waals surface area contributed by atoms with Crippen LogP contribution in [0, 0.1) is 0 Å². The summed E-state index contributed by atoms with van der Waals surface area (Å²) in [6.07, 6.45) is 18.2. The lowest BCUT2D eigenvalue weighted by atomic mass is 10.0. The smallest absolute Gasteiger partial charge is 0.229 e. The van der Waals surface area contributed by atoms with E-state index in [1.165, 1.54) is 21.1 Å². The number of nitrogens with one attached hydrogen (secondary N) is 3. The molecule has 4 aliphatic rings. The standard InChI is InChI=1S/C17H20Cl2N8O.C16H20Cl2N8O2S.C15H18Cl2N8O2S/c1-25-16-12(14(18)24-25)6-20-17(23-16)22-13-7-21-27(15(13)19)10-2-4-26(5-3-10)11-8-28-9-11;1-24-15-11(13(17)22-24)8-19-16(21-15)20-12-9-26(23-14(12)18)10-4-3-6-25(7-5-10)29(2,27)28;1-23-14-10(12(16)21-23)7-18-15(20-14)19-11-8-25(22-13(11)17)9-3-5-24(6-4-9)28(2,26)27/h6-7,10-11H,2-5,8-9H2,1H3,(H,20,22,23);8-10H,3-7H2,1-2H3,(H,19,20,21);7-9H,3-6H2,1-2H3,(H,18,19,20). The summed E-state index contributed by atoms with van der Waals surface area (Å²) in [5.74, 6) is 1.12. The zero-order chi connectivity index (χ0) is 60.1. The third-order valence-electron chi connectivity index (χ3n) is 15.2. The second kappa shape index (κ2) is 25.1. The first-order chi connectivity index (χ1) is 40.5. The van der Waals surface area contributed by atoms with Crippen LogP contribution in [0.3, 0.4) is 0 Å². The molecule has 29 nitrogen and oxygen atoms in total. The Morgan fingerprint density at radius 3 is 1.29 bits per heavy atom. The van der Waals surface area contributed by atoms with Crippen molar-refractivity contribution in [2.75, 3.05) is 80.9 Å². The molecule has 3 N–H and O–H groups in total. The van der Waals surface area contributed by atoms with Crippen LogP contribution in [0.25, 0.3) is 33.1 Å². The number of aryl methyl sites for hydroxylation is 3. The van der Waals surface area contributed by atoms with E-state index in [0.29, 0.717) is 151 Å². The maximum absolute atomic E-state index is 11.8. The van der Waals surface area contributed by atoms with E-state index in [1.54, 1.807) is 81.7 Å². The van der Waals surface area contributed by atoms with Crippen LogP contribution in [0.4, 0.5) is 34.9 Å². The van der Waals surface area contributed by atoms with Gasteiger partial charge in [-0.05, 0) is 44.9 Å². The molecular weight excluding hydrogens is 1270 g/mol. The Bertz CT molecular complexity index is 4130. The van der Waals surface area contributed by atoms with Crippen molar-refractivity contribution in [1.29, 1.82) is 0 Å². The Balaban J connectivity index is 0.000000133. The summed E-state index contributed by atoms with van der Waals surface area (Å²) in [5, 5.41) is 39.2. The molecule has 9 aromatic heterocycles.